The predicted octanol–water partition coefficient (Wildman–Crippen LogP) is 3.06. The minimum absolute atomic E-state index is 0.331. The molecule has 3 nitrogen and oxygen atoms in total. The smallest absolute Gasteiger partial charge is 0.131 e. The summed E-state index contributed by atoms with van der Waals surface area (Å²) in [6.45, 7) is 0.510. The molecule has 1 N–H and O–H groups in total. The molecule has 19 heavy (non-hydrogen) atoms. The van der Waals surface area contributed by atoms with Crippen LogP contribution in [0.15, 0.2) is 24.3 Å². The Hall–Kier alpha value is -2.16. The van der Waals surface area contributed by atoms with Gasteiger partial charge in [-0.1, -0.05) is 0 Å². The van der Waals surface area contributed by atoms with Crippen molar-refractivity contribution in [2.75, 3.05) is 7.11 Å². The van der Waals surface area contributed by atoms with Crippen molar-refractivity contribution in [3.63, 3.8) is 0 Å². The number of benzene rings is 2. The van der Waals surface area contributed by atoms with Gasteiger partial charge in [-0.3, -0.25) is 0 Å². The SMILES string of the molecule is COc1cc2c3c(c1)OCc1cc(O)cc(c1-3)CC2. The molecule has 0 bridgehead atoms. The molecule has 2 aromatic carbocycles. The predicted molar refractivity (Wildman–Crippen MR) is 71.8 cm³/mol. The third kappa shape index (κ3) is 1.44. The van der Waals surface area contributed by atoms with Crippen LogP contribution >= 0.6 is 0 Å². The molecule has 0 aromatic heterocycles. The number of ether oxygens (including phenoxy) is 2. The zero-order valence-electron chi connectivity index (χ0n) is 10.7. The average Bonchev–Trinajstić information content (AvgIpc) is 2.43. The van der Waals surface area contributed by atoms with Crippen molar-refractivity contribution in [2.45, 2.75) is 19.4 Å². The number of hydrogen-bond acceptors (Lipinski definition) is 3. The summed E-state index contributed by atoms with van der Waals surface area (Å²) in [6, 6.07) is 7.72. The van der Waals surface area contributed by atoms with Crippen LogP contribution in [0.5, 0.6) is 17.2 Å². The number of rotatable bonds is 1. The van der Waals surface area contributed by atoms with E-state index < -0.39 is 0 Å². The Morgan fingerprint density at radius 1 is 1.00 bits per heavy atom. The Balaban J connectivity index is 2.05. The number of aromatic hydroxyl groups is 1. The molecule has 0 amide bonds. The maximum absolute atomic E-state index is 9.78. The van der Waals surface area contributed by atoms with E-state index in [2.05, 4.69) is 6.07 Å². The van der Waals surface area contributed by atoms with E-state index in [9.17, 15) is 5.11 Å². The Labute approximate surface area is 111 Å². The molecule has 1 heterocycles. The maximum atomic E-state index is 9.78. The summed E-state index contributed by atoms with van der Waals surface area (Å²) < 4.78 is 11.2. The molecule has 0 saturated carbocycles. The van der Waals surface area contributed by atoms with Crippen molar-refractivity contribution < 1.29 is 14.6 Å². The molecule has 4 rings (SSSR count). The lowest BCUT2D eigenvalue weighted by atomic mass is 9.81. The molecule has 0 atom stereocenters. The van der Waals surface area contributed by atoms with Crippen LogP contribution < -0.4 is 9.47 Å². The van der Waals surface area contributed by atoms with Crippen molar-refractivity contribution in [1.29, 1.82) is 0 Å². The molecule has 2 aliphatic rings. The molecule has 2 aromatic rings. The van der Waals surface area contributed by atoms with Gasteiger partial charge in [-0.25, -0.2) is 0 Å². The van der Waals surface area contributed by atoms with Crippen LogP contribution in [-0.2, 0) is 19.4 Å². The fourth-order valence-electron chi connectivity index (χ4n) is 3.16. The van der Waals surface area contributed by atoms with Gasteiger partial charge in [0, 0.05) is 17.2 Å². The first-order chi connectivity index (χ1) is 9.26. The highest BCUT2D eigenvalue weighted by Crippen LogP contribution is 2.48. The lowest BCUT2D eigenvalue weighted by molar-refractivity contribution is 0.298. The first-order valence-corrected chi connectivity index (χ1v) is 6.45. The molecule has 0 radical (unpaired) electrons. The van der Waals surface area contributed by atoms with E-state index in [4.69, 9.17) is 9.47 Å². The lowest BCUT2D eigenvalue weighted by Crippen LogP contribution is -2.14. The molecule has 0 fully saturated rings. The number of phenols is 1. The van der Waals surface area contributed by atoms with Crippen molar-refractivity contribution in [2.24, 2.45) is 0 Å². The second-order valence-electron chi connectivity index (χ2n) is 5.09. The fourth-order valence-corrected chi connectivity index (χ4v) is 3.16. The van der Waals surface area contributed by atoms with Crippen molar-refractivity contribution >= 4 is 0 Å². The summed E-state index contributed by atoms with van der Waals surface area (Å²) in [6.07, 6.45) is 1.91. The number of methoxy groups -OCH3 is 1. The third-order valence-corrected chi connectivity index (χ3v) is 3.98. The van der Waals surface area contributed by atoms with Gasteiger partial charge in [0.2, 0.25) is 0 Å². The quantitative estimate of drug-likeness (QED) is 0.850. The van der Waals surface area contributed by atoms with Crippen LogP contribution in [0.25, 0.3) is 11.1 Å². The summed E-state index contributed by atoms with van der Waals surface area (Å²) in [5.74, 6) is 2.07. The summed E-state index contributed by atoms with van der Waals surface area (Å²) in [4.78, 5) is 0. The summed E-state index contributed by atoms with van der Waals surface area (Å²) in [7, 11) is 1.68. The summed E-state index contributed by atoms with van der Waals surface area (Å²) in [5, 5.41) is 9.78. The van der Waals surface area contributed by atoms with Gasteiger partial charge >= 0.3 is 0 Å². The van der Waals surface area contributed by atoms with E-state index in [1.807, 2.05) is 12.1 Å². The van der Waals surface area contributed by atoms with E-state index in [1.165, 1.54) is 22.3 Å². The minimum Gasteiger partial charge on any atom is -0.508 e. The molecule has 3 heteroatoms. The lowest BCUT2D eigenvalue weighted by Gasteiger charge is -2.29. The summed E-state index contributed by atoms with van der Waals surface area (Å²) >= 11 is 0. The second kappa shape index (κ2) is 3.67. The standard InChI is InChI=1S/C16H14O3/c1-18-13-6-10-3-2-9-4-12(17)5-11-8-19-14(7-13)16(10)15(9)11/h4-7,17H,2-3,8H2,1H3. The molecular formula is C16H14O3. The van der Waals surface area contributed by atoms with E-state index in [-0.39, 0.29) is 0 Å². The molecule has 0 spiro atoms. The van der Waals surface area contributed by atoms with Gasteiger partial charge in [0.05, 0.1) is 7.11 Å². The topological polar surface area (TPSA) is 38.7 Å². The minimum atomic E-state index is 0.331. The normalized spacial score (nSPS) is 14.6. The highest BCUT2D eigenvalue weighted by atomic mass is 16.5. The molecule has 96 valence electrons. The van der Waals surface area contributed by atoms with Crippen molar-refractivity contribution in [1.82, 2.24) is 0 Å². The van der Waals surface area contributed by atoms with E-state index in [0.717, 1.165) is 29.9 Å². The fraction of sp³-hybridized carbons (Fsp3) is 0.250. The third-order valence-electron chi connectivity index (χ3n) is 3.98. The van der Waals surface area contributed by atoms with Gasteiger partial charge in [-0.05, 0) is 47.7 Å². The molecule has 0 unspecified atom stereocenters. The van der Waals surface area contributed by atoms with Crippen LogP contribution in [0, 0.1) is 0 Å². The molecule has 1 aliphatic carbocycles. The van der Waals surface area contributed by atoms with Gasteiger partial charge in [0.1, 0.15) is 23.9 Å². The van der Waals surface area contributed by atoms with Gasteiger partial charge in [-0.2, -0.15) is 0 Å². The Morgan fingerprint density at radius 3 is 2.53 bits per heavy atom. The van der Waals surface area contributed by atoms with Gasteiger partial charge < -0.3 is 14.6 Å². The zero-order chi connectivity index (χ0) is 13.0. The van der Waals surface area contributed by atoms with Gasteiger partial charge in [0.25, 0.3) is 0 Å². The maximum Gasteiger partial charge on any atom is 0.131 e. The average molecular weight is 254 g/mol. The molecule has 0 saturated heterocycles. The number of aryl methyl sites for hydroxylation is 2. The number of phenolic OH excluding ortho intramolecular Hbond substituents is 1. The highest BCUT2D eigenvalue weighted by molar-refractivity contribution is 5.83. The van der Waals surface area contributed by atoms with Crippen molar-refractivity contribution in [3.8, 4) is 28.4 Å². The Bertz CT molecular complexity index is 638. The molecule has 1 aliphatic heterocycles. The molecular weight excluding hydrogens is 240 g/mol. The first kappa shape index (κ1) is 10.7. The van der Waals surface area contributed by atoms with Crippen LogP contribution in [0.3, 0.4) is 0 Å². The largest absolute Gasteiger partial charge is 0.508 e. The highest BCUT2D eigenvalue weighted by Gasteiger charge is 2.28. The second-order valence-corrected chi connectivity index (χ2v) is 5.09. The Morgan fingerprint density at radius 2 is 1.74 bits per heavy atom. The van der Waals surface area contributed by atoms with E-state index in [1.54, 1.807) is 13.2 Å². The van der Waals surface area contributed by atoms with Crippen LogP contribution in [0.4, 0.5) is 0 Å². The number of hydrogen-bond donors (Lipinski definition) is 1. The monoisotopic (exact) mass is 254 g/mol. The first-order valence-electron chi connectivity index (χ1n) is 6.45. The van der Waals surface area contributed by atoms with E-state index >= 15 is 0 Å². The van der Waals surface area contributed by atoms with E-state index in [0.29, 0.717) is 12.4 Å². The Kier molecular flexibility index (Phi) is 2.07. The van der Waals surface area contributed by atoms with Crippen LogP contribution in [-0.4, -0.2) is 12.2 Å². The van der Waals surface area contributed by atoms with Gasteiger partial charge in [-0.15, -0.1) is 0 Å². The zero-order valence-corrected chi connectivity index (χ0v) is 10.7. The van der Waals surface area contributed by atoms with Crippen molar-refractivity contribution in [3.05, 3.63) is 41.0 Å². The van der Waals surface area contributed by atoms with Gasteiger partial charge in [0.15, 0.2) is 0 Å². The van der Waals surface area contributed by atoms with Crippen LogP contribution in [0.2, 0.25) is 0 Å². The summed E-state index contributed by atoms with van der Waals surface area (Å²) in [5.41, 5.74) is 6.01. The van der Waals surface area contributed by atoms with Crippen LogP contribution in [0.1, 0.15) is 16.7 Å².